The Morgan fingerprint density at radius 2 is 2.43 bits per heavy atom. The molecule has 2 aliphatic heterocycles. The van der Waals surface area contributed by atoms with Crippen molar-refractivity contribution in [2.24, 2.45) is 5.92 Å². The molecule has 0 amide bonds. The van der Waals surface area contributed by atoms with Gasteiger partial charge in [-0.2, -0.15) is 0 Å². The Balaban J connectivity index is 1.86. The summed E-state index contributed by atoms with van der Waals surface area (Å²) in [5.74, 6) is 0.692. The van der Waals surface area contributed by atoms with Crippen LogP contribution in [0.4, 0.5) is 0 Å². The van der Waals surface area contributed by atoms with E-state index in [1.54, 1.807) is 7.11 Å². The number of hydrogen-bond acceptors (Lipinski definition) is 3. The summed E-state index contributed by atoms with van der Waals surface area (Å²) in [7, 11) is 1.77. The Kier molecular flexibility index (Phi) is 3.10. The molecule has 82 valence electrons. The molecule has 0 aromatic rings. The van der Waals surface area contributed by atoms with Gasteiger partial charge in [-0.15, -0.1) is 0 Å². The Labute approximate surface area is 86.2 Å². The first-order valence-corrected chi connectivity index (χ1v) is 5.59. The Hall–Kier alpha value is -0.120. The lowest BCUT2D eigenvalue weighted by molar-refractivity contribution is 0.0629. The monoisotopic (exact) mass is 199 g/mol. The maximum Gasteiger partial charge on any atom is 0.0641 e. The molecule has 2 rings (SSSR count). The van der Waals surface area contributed by atoms with Crippen molar-refractivity contribution < 1.29 is 9.47 Å². The van der Waals surface area contributed by atoms with Crippen LogP contribution in [-0.4, -0.2) is 38.5 Å². The summed E-state index contributed by atoms with van der Waals surface area (Å²) < 4.78 is 11.0. The number of ether oxygens (including phenoxy) is 2. The third-order valence-electron chi connectivity index (χ3n) is 3.46. The summed E-state index contributed by atoms with van der Waals surface area (Å²) in [6.45, 7) is 5.09. The van der Waals surface area contributed by atoms with Gasteiger partial charge >= 0.3 is 0 Å². The normalized spacial score (nSPS) is 43.3. The number of rotatable bonds is 3. The second-order valence-electron chi connectivity index (χ2n) is 4.89. The van der Waals surface area contributed by atoms with Crippen molar-refractivity contribution >= 4 is 0 Å². The van der Waals surface area contributed by atoms with Crippen LogP contribution >= 0.6 is 0 Å². The molecule has 0 spiro atoms. The van der Waals surface area contributed by atoms with Gasteiger partial charge in [-0.05, 0) is 32.1 Å². The predicted molar refractivity (Wildman–Crippen MR) is 55.4 cm³/mol. The molecule has 0 aliphatic carbocycles. The van der Waals surface area contributed by atoms with Crippen LogP contribution < -0.4 is 5.32 Å². The standard InChI is InChI=1S/C11H21NO2/c1-11(8-13-2)6-9(7-12-11)10-4-3-5-14-10/h9-10,12H,3-8H2,1-2H3. The first kappa shape index (κ1) is 10.4. The van der Waals surface area contributed by atoms with E-state index in [0.29, 0.717) is 12.0 Å². The van der Waals surface area contributed by atoms with Gasteiger partial charge in [0.2, 0.25) is 0 Å². The van der Waals surface area contributed by atoms with E-state index < -0.39 is 0 Å². The van der Waals surface area contributed by atoms with Crippen molar-refractivity contribution in [3.05, 3.63) is 0 Å². The average molecular weight is 199 g/mol. The van der Waals surface area contributed by atoms with Crippen molar-refractivity contribution in [1.82, 2.24) is 5.32 Å². The first-order valence-electron chi connectivity index (χ1n) is 5.59. The lowest BCUT2D eigenvalue weighted by Gasteiger charge is -2.24. The largest absolute Gasteiger partial charge is 0.383 e. The quantitative estimate of drug-likeness (QED) is 0.740. The van der Waals surface area contributed by atoms with Crippen LogP contribution in [0, 0.1) is 5.92 Å². The molecule has 2 fully saturated rings. The lowest BCUT2D eigenvalue weighted by atomic mass is 9.91. The molecule has 2 saturated heterocycles. The van der Waals surface area contributed by atoms with Gasteiger partial charge in [0.05, 0.1) is 12.7 Å². The van der Waals surface area contributed by atoms with Crippen LogP contribution in [0.3, 0.4) is 0 Å². The highest BCUT2D eigenvalue weighted by atomic mass is 16.5. The molecule has 2 aliphatic rings. The Bertz CT molecular complexity index is 192. The molecule has 3 atom stereocenters. The van der Waals surface area contributed by atoms with E-state index in [-0.39, 0.29) is 5.54 Å². The van der Waals surface area contributed by atoms with Crippen LogP contribution in [0.2, 0.25) is 0 Å². The molecule has 14 heavy (non-hydrogen) atoms. The van der Waals surface area contributed by atoms with E-state index >= 15 is 0 Å². The first-order chi connectivity index (χ1) is 6.73. The summed E-state index contributed by atoms with van der Waals surface area (Å²) in [4.78, 5) is 0. The molecule has 1 N–H and O–H groups in total. The minimum atomic E-state index is 0.172. The molecular formula is C11H21NO2. The SMILES string of the molecule is COCC1(C)CC(C2CCCO2)CN1. The van der Waals surface area contributed by atoms with Crippen molar-refractivity contribution in [3.8, 4) is 0 Å². The van der Waals surface area contributed by atoms with Gasteiger partial charge in [-0.25, -0.2) is 0 Å². The molecule has 0 aromatic carbocycles. The fourth-order valence-electron chi connectivity index (χ4n) is 2.77. The Morgan fingerprint density at radius 3 is 3.07 bits per heavy atom. The van der Waals surface area contributed by atoms with Gasteiger partial charge in [0.1, 0.15) is 0 Å². The zero-order chi connectivity index (χ0) is 10.0. The molecule has 3 heteroatoms. The van der Waals surface area contributed by atoms with Crippen LogP contribution in [0.25, 0.3) is 0 Å². The summed E-state index contributed by atoms with van der Waals surface area (Å²) in [6.07, 6.45) is 4.17. The van der Waals surface area contributed by atoms with Crippen molar-refractivity contribution in [1.29, 1.82) is 0 Å². The number of nitrogens with one attached hydrogen (secondary N) is 1. The molecular weight excluding hydrogens is 178 g/mol. The van der Waals surface area contributed by atoms with Gasteiger partial charge in [0, 0.05) is 25.8 Å². The second-order valence-corrected chi connectivity index (χ2v) is 4.89. The van der Waals surface area contributed by atoms with Gasteiger partial charge in [0.15, 0.2) is 0 Å². The number of hydrogen-bond donors (Lipinski definition) is 1. The van der Waals surface area contributed by atoms with Crippen molar-refractivity contribution in [2.75, 3.05) is 26.9 Å². The molecule has 0 radical (unpaired) electrons. The molecule has 3 unspecified atom stereocenters. The molecule has 0 bridgehead atoms. The van der Waals surface area contributed by atoms with Gasteiger partial charge < -0.3 is 14.8 Å². The van der Waals surface area contributed by atoms with Crippen LogP contribution in [0.15, 0.2) is 0 Å². The van der Waals surface area contributed by atoms with Crippen LogP contribution in [-0.2, 0) is 9.47 Å². The zero-order valence-electron chi connectivity index (χ0n) is 9.21. The van der Waals surface area contributed by atoms with Gasteiger partial charge in [-0.3, -0.25) is 0 Å². The molecule has 0 aromatic heterocycles. The third-order valence-corrected chi connectivity index (χ3v) is 3.46. The molecule has 2 heterocycles. The minimum absolute atomic E-state index is 0.172. The summed E-state index contributed by atoms with van der Waals surface area (Å²) in [5.41, 5.74) is 0.172. The Morgan fingerprint density at radius 1 is 1.57 bits per heavy atom. The average Bonchev–Trinajstić information content (AvgIpc) is 2.73. The fraction of sp³-hybridized carbons (Fsp3) is 1.00. The van der Waals surface area contributed by atoms with E-state index in [9.17, 15) is 0 Å². The smallest absolute Gasteiger partial charge is 0.0641 e. The summed E-state index contributed by atoms with van der Waals surface area (Å²) in [6, 6.07) is 0. The topological polar surface area (TPSA) is 30.5 Å². The fourth-order valence-corrected chi connectivity index (χ4v) is 2.77. The van der Waals surface area contributed by atoms with E-state index in [1.807, 2.05) is 0 Å². The van der Waals surface area contributed by atoms with Crippen LogP contribution in [0.1, 0.15) is 26.2 Å². The third kappa shape index (κ3) is 2.10. The molecule has 0 saturated carbocycles. The van der Waals surface area contributed by atoms with Gasteiger partial charge in [-0.1, -0.05) is 0 Å². The van der Waals surface area contributed by atoms with E-state index in [0.717, 1.165) is 19.8 Å². The van der Waals surface area contributed by atoms with Crippen LogP contribution in [0.5, 0.6) is 0 Å². The van der Waals surface area contributed by atoms with Gasteiger partial charge in [0.25, 0.3) is 0 Å². The maximum atomic E-state index is 5.73. The van der Waals surface area contributed by atoms with E-state index in [2.05, 4.69) is 12.2 Å². The van der Waals surface area contributed by atoms with Crippen molar-refractivity contribution in [2.45, 2.75) is 37.8 Å². The zero-order valence-corrected chi connectivity index (χ0v) is 9.21. The highest BCUT2D eigenvalue weighted by molar-refractivity contribution is 4.96. The molecule has 3 nitrogen and oxygen atoms in total. The highest BCUT2D eigenvalue weighted by Gasteiger charge is 2.39. The lowest BCUT2D eigenvalue weighted by Crippen LogP contribution is -2.40. The van der Waals surface area contributed by atoms with E-state index in [4.69, 9.17) is 9.47 Å². The van der Waals surface area contributed by atoms with Crippen molar-refractivity contribution in [3.63, 3.8) is 0 Å². The highest BCUT2D eigenvalue weighted by Crippen LogP contribution is 2.31. The number of methoxy groups -OCH3 is 1. The second kappa shape index (κ2) is 4.17. The summed E-state index contributed by atoms with van der Waals surface area (Å²) in [5, 5.41) is 3.56. The predicted octanol–water partition coefficient (Wildman–Crippen LogP) is 1.18. The minimum Gasteiger partial charge on any atom is -0.383 e. The maximum absolute atomic E-state index is 5.73. The van der Waals surface area contributed by atoms with E-state index in [1.165, 1.54) is 19.3 Å². The summed E-state index contributed by atoms with van der Waals surface area (Å²) >= 11 is 0.